The van der Waals surface area contributed by atoms with Crippen LogP contribution in [0.3, 0.4) is 0 Å². The van der Waals surface area contributed by atoms with Crippen LogP contribution in [0, 0.1) is 0 Å². The molecule has 2 aromatic rings. The molecule has 3 heteroatoms. The molecule has 0 fully saturated rings. The van der Waals surface area contributed by atoms with Crippen LogP contribution in [0.25, 0.3) is 0 Å². The van der Waals surface area contributed by atoms with Gasteiger partial charge in [-0.3, -0.25) is 0 Å². The van der Waals surface area contributed by atoms with Crippen LogP contribution < -0.4 is 10.6 Å². The molecule has 2 nitrogen and oxygen atoms in total. The van der Waals surface area contributed by atoms with Crippen LogP contribution in [0.1, 0.15) is 33.1 Å². The number of unbranched alkanes of at least 4 members (excludes halogenated alkanes) is 1. The Hall–Kier alpha value is -1.79. The molecule has 0 N–H and O–H groups in total. The minimum Gasteiger partial charge on any atom is -0.501 e. The van der Waals surface area contributed by atoms with Gasteiger partial charge in [-0.1, -0.05) is 80.9 Å². The minimum absolute atomic E-state index is 0.670. The van der Waals surface area contributed by atoms with Gasteiger partial charge in [0.1, 0.15) is 0 Å². The Labute approximate surface area is 139 Å². The van der Waals surface area contributed by atoms with Crippen LogP contribution in [-0.4, -0.2) is 6.61 Å². The molecular formula is C20H25O2P. The van der Waals surface area contributed by atoms with Gasteiger partial charge in [-0.15, -0.1) is 0 Å². The lowest BCUT2D eigenvalue weighted by Gasteiger charge is -2.21. The van der Waals surface area contributed by atoms with Gasteiger partial charge >= 0.3 is 0 Å². The Morgan fingerprint density at radius 2 is 1.48 bits per heavy atom. The van der Waals surface area contributed by atoms with E-state index < -0.39 is 7.14 Å². The number of allylic oxidation sites excluding steroid dienone is 1. The molecule has 0 bridgehead atoms. The maximum absolute atomic E-state index is 14.1. The number of benzene rings is 2. The second-order valence-corrected chi connectivity index (χ2v) is 8.29. The summed E-state index contributed by atoms with van der Waals surface area (Å²) < 4.78 is 19.7. The normalized spacial score (nSPS) is 12.2. The van der Waals surface area contributed by atoms with Crippen molar-refractivity contribution in [2.45, 2.75) is 33.1 Å². The molecule has 0 spiro atoms. The summed E-state index contributed by atoms with van der Waals surface area (Å²) in [4.78, 5) is 0. The van der Waals surface area contributed by atoms with Gasteiger partial charge in [0, 0.05) is 15.9 Å². The topological polar surface area (TPSA) is 26.3 Å². The van der Waals surface area contributed by atoms with Gasteiger partial charge in [-0.25, -0.2) is 0 Å². The van der Waals surface area contributed by atoms with Gasteiger partial charge in [0.2, 0.25) is 0 Å². The number of hydrogen-bond donors (Lipinski definition) is 0. The molecule has 0 heterocycles. The molecule has 0 aliphatic rings. The van der Waals surface area contributed by atoms with Crippen LogP contribution in [0.15, 0.2) is 72.2 Å². The number of rotatable bonds is 8. The van der Waals surface area contributed by atoms with E-state index in [-0.39, 0.29) is 0 Å². The summed E-state index contributed by atoms with van der Waals surface area (Å²) in [5.74, 6) is 0. The van der Waals surface area contributed by atoms with Gasteiger partial charge in [-0.05, 0) is 12.8 Å². The van der Waals surface area contributed by atoms with Crippen molar-refractivity contribution in [1.82, 2.24) is 0 Å². The van der Waals surface area contributed by atoms with Crippen LogP contribution in [0.5, 0.6) is 0 Å². The molecule has 0 aliphatic heterocycles. The third-order valence-electron chi connectivity index (χ3n) is 3.84. The fraction of sp³-hybridized carbons (Fsp3) is 0.300. The molecule has 0 saturated carbocycles. The lowest BCUT2D eigenvalue weighted by atomic mass is 10.4. The predicted octanol–water partition coefficient (Wildman–Crippen LogP) is 5.07. The molecule has 0 unspecified atom stereocenters. The van der Waals surface area contributed by atoms with Crippen LogP contribution >= 0.6 is 7.14 Å². The lowest BCUT2D eigenvalue weighted by molar-refractivity contribution is 0.242. The van der Waals surface area contributed by atoms with Gasteiger partial charge < -0.3 is 9.30 Å². The molecule has 122 valence electrons. The molecule has 0 aliphatic carbocycles. The lowest BCUT2D eigenvalue weighted by Crippen LogP contribution is -2.17. The van der Waals surface area contributed by atoms with Gasteiger partial charge in [0.15, 0.2) is 7.14 Å². The monoisotopic (exact) mass is 328 g/mol. The smallest absolute Gasteiger partial charge is 0.170 e. The van der Waals surface area contributed by atoms with E-state index >= 15 is 0 Å². The van der Waals surface area contributed by atoms with Crippen molar-refractivity contribution in [1.29, 1.82) is 0 Å². The van der Waals surface area contributed by atoms with Crippen molar-refractivity contribution >= 4 is 17.8 Å². The van der Waals surface area contributed by atoms with Crippen molar-refractivity contribution < 1.29 is 9.30 Å². The number of ether oxygens (including phenoxy) is 1. The summed E-state index contributed by atoms with van der Waals surface area (Å²) in [7, 11) is -2.85. The van der Waals surface area contributed by atoms with Crippen molar-refractivity contribution in [3.8, 4) is 0 Å². The number of hydrogen-bond acceptors (Lipinski definition) is 2. The molecule has 23 heavy (non-hydrogen) atoms. The highest BCUT2D eigenvalue weighted by Crippen LogP contribution is 2.52. The van der Waals surface area contributed by atoms with Gasteiger partial charge in [-0.2, -0.15) is 0 Å². The first-order valence-electron chi connectivity index (χ1n) is 8.26. The SMILES string of the molecule is CCCCOC=C(CC)P(=O)(c1ccccc1)c1ccccc1. The van der Waals surface area contributed by atoms with E-state index in [9.17, 15) is 4.57 Å². The Balaban J connectivity index is 2.47. The molecule has 2 aromatic carbocycles. The highest BCUT2D eigenvalue weighted by Gasteiger charge is 2.31. The quantitative estimate of drug-likeness (QED) is 0.384. The zero-order valence-corrected chi connectivity index (χ0v) is 14.8. The van der Waals surface area contributed by atoms with E-state index in [0.717, 1.165) is 28.8 Å². The standard InChI is InChI=1S/C20H25O2P/c1-3-5-16-22-17-18(4-2)23(21,19-12-8-6-9-13-19)20-14-10-7-11-15-20/h6-15,17H,3-5,16H2,1-2H3. The summed E-state index contributed by atoms with van der Waals surface area (Å²) in [5, 5.41) is 2.59. The third-order valence-corrected chi connectivity index (χ3v) is 7.12. The molecular weight excluding hydrogens is 303 g/mol. The van der Waals surface area contributed by atoms with Crippen LogP contribution in [0.2, 0.25) is 0 Å². The second kappa shape index (κ2) is 8.74. The first-order chi connectivity index (χ1) is 11.2. The fourth-order valence-electron chi connectivity index (χ4n) is 2.52. The average molecular weight is 328 g/mol. The summed E-state index contributed by atoms with van der Waals surface area (Å²) in [6, 6.07) is 19.5. The highest BCUT2D eigenvalue weighted by molar-refractivity contribution is 7.82. The highest BCUT2D eigenvalue weighted by atomic mass is 31.2. The summed E-state index contributed by atoms with van der Waals surface area (Å²) in [6.07, 6.45) is 4.53. The molecule has 2 rings (SSSR count). The zero-order chi connectivity index (χ0) is 16.5. The molecule has 0 radical (unpaired) electrons. The van der Waals surface area contributed by atoms with E-state index in [2.05, 4.69) is 6.92 Å². The first kappa shape index (κ1) is 17.6. The molecule has 0 atom stereocenters. The van der Waals surface area contributed by atoms with E-state index in [4.69, 9.17) is 4.74 Å². The maximum atomic E-state index is 14.1. The van der Waals surface area contributed by atoms with E-state index in [1.165, 1.54) is 0 Å². The Bertz CT molecular complexity index is 619. The molecule has 0 saturated heterocycles. The Morgan fingerprint density at radius 1 is 0.957 bits per heavy atom. The van der Waals surface area contributed by atoms with Gasteiger partial charge in [0.25, 0.3) is 0 Å². The largest absolute Gasteiger partial charge is 0.501 e. The van der Waals surface area contributed by atoms with Crippen molar-refractivity contribution in [3.63, 3.8) is 0 Å². The summed E-state index contributed by atoms with van der Waals surface area (Å²) in [6.45, 7) is 4.84. The average Bonchev–Trinajstić information content (AvgIpc) is 2.63. The fourth-order valence-corrected chi connectivity index (χ4v) is 5.33. The van der Waals surface area contributed by atoms with E-state index in [1.54, 1.807) is 6.26 Å². The molecule has 0 aromatic heterocycles. The van der Waals surface area contributed by atoms with E-state index in [0.29, 0.717) is 13.0 Å². The van der Waals surface area contributed by atoms with Crippen LogP contribution in [0.4, 0.5) is 0 Å². The zero-order valence-electron chi connectivity index (χ0n) is 13.9. The van der Waals surface area contributed by atoms with Crippen molar-refractivity contribution in [2.75, 3.05) is 6.61 Å². The maximum Gasteiger partial charge on any atom is 0.170 e. The van der Waals surface area contributed by atoms with Crippen molar-refractivity contribution in [3.05, 3.63) is 72.2 Å². The Morgan fingerprint density at radius 3 is 1.91 bits per heavy atom. The van der Waals surface area contributed by atoms with E-state index in [1.807, 2.05) is 67.6 Å². The molecule has 0 amide bonds. The summed E-state index contributed by atoms with van der Waals surface area (Å²) in [5.41, 5.74) is 0. The third kappa shape index (κ3) is 4.14. The Kier molecular flexibility index (Phi) is 6.67. The minimum atomic E-state index is -2.85. The van der Waals surface area contributed by atoms with Crippen molar-refractivity contribution in [2.24, 2.45) is 0 Å². The second-order valence-electron chi connectivity index (χ2n) is 5.47. The first-order valence-corrected chi connectivity index (χ1v) is 9.96. The van der Waals surface area contributed by atoms with Gasteiger partial charge in [0.05, 0.1) is 12.9 Å². The van der Waals surface area contributed by atoms with Crippen LogP contribution in [-0.2, 0) is 9.30 Å². The predicted molar refractivity (Wildman–Crippen MR) is 99.0 cm³/mol. The summed E-state index contributed by atoms with van der Waals surface area (Å²) >= 11 is 0.